The molecule has 0 aliphatic heterocycles. The van der Waals surface area contributed by atoms with Crippen LogP contribution < -0.4 is 10.5 Å². The largest absolute Gasteiger partial charge is 0.462 e. The third-order valence-corrected chi connectivity index (χ3v) is 5.86. The summed E-state index contributed by atoms with van der Waals surface area (Å²) in [6.07, 6.45) is 0. The molecule has 0 saturated heterocycles. The molecule has 0 saturated carbocycles. The number of aromatic nitrogens is 1. The van der Waals surface area contributed by atoms with Crippen molar-refractivity contribution in [3.8, 4) is 0 Å². The Hall–Kier alpha value is -2.73. The van der Waals surface area contributed by atoms with Crippen LogP contribution in [0.2, 0.25) is 0 Å². The van der Waals surface area contributed by atoms with Gasteiger partial charge in [0.25, 0.3) is 15.7 Å². The molecule has 1 aromatic heterocycles. The molecule has 0 amide bonds. The van der Waals surface area contributed by atoms with Gasteiger partial charge in [0.05, 0.1) is 17.2 Å². The highest BCUT2D eigenvalue weighted by Gasteiger charge is 2.29. The lowest BCUT2D eigenvalue weighted by Gasteiger charge is -2.08. The third-order valence-electron chi connectivity index (χ3n) is 3.31. The van der Waals surface area contributed by atoms with E-state index in [0.717, 1.165) is 23.5 Å². The smallest absolute Gasteiger partial charge is 0.350 e. The van der Waals surface area contributed by atoms with Crippen molar-refractivity contribution in [3.63, 3.8) is 0 Å². The van der Waals surface area contributed by atoms with E-state index in [9.17, 15) is 23.3 Å². The standard InChI is InChI=1S/C14H16N4O6S2/c1-4-24-13(19)12-8(3)16-14(25-12)17-26(22,23)11-5-7(2)9(15)6-10(11)18(20)21/h5-6H,4,15H2,1-3H3,(H,16,17). The third kappa shape index (κ3) is 3.91. The first-order valence-corrected chi connectivity index (χ1v) is 9.58. The van der Waals surface area contributed by atoms with E-state index in [1.165, 1.54) is 13.8 Å². The van der Waals surface area contributed by atoms with Crippen LogP contribution in [-0.4, -0.2) is 30.9 Å². The second kappa shape index (κ2) is 7.25. The molecule has 140 valence electrons. The van der Waals surface area contributed by atoms with Crippen LogP contribution in [0.5, 0.6) is 0 Å². The number of nitrogens with zero attached hydrogens (tertiary/aromatic N) is 2. The second-order valence-electron chi connectivity index (χ2n) is 5.19. The zero-order chi connectivity index (χ0) is 19.6. The summed E-state index contributed by atoms with van der Waals surface area (Å²) in [5.74, 6) is -0.623. The number of anilines is 2. The van der Waals surface area contributed by atoms with Crippen molar-refractivity contribution in [1.29, 1.82) is 0 Å². The number of aryl methyl sites for hydroxylation is 2. The van der Waals surface area contributed by atoms with Crippen LogP contribution in [-0.2, 0) is 14.8 Å². The Morgan fingerprint density at radius 1 is 1.42 bits per heavy atom. The monoisotopic (exact) mass is 400 g/mol. The summed E-state index contributed by atoms with van der Waals surface area (Å²) < 4.78 is 32.2. The number of esters is 1. The van der Waals surface area contributed by atoms with Gasteiger partial charge in [0.15, 0.2) is 10.0 Å². The van der Waals surface area contributed by atoms with Crippen LogP contribution in [0.25, 0.3) is 0 Å². The summed E-state index contributed by atoms with van der Waals surface area (Å²) in [6, 6.07) is 2.10. The highest BCUT2D eigenvalue weighted by molar-refractivity contribution is 7.93. The average molecular weight is 400 g/mol. The minimum atomic E-state index is -4.32. The molecular weight excluding hydrogens is 384 g/mol. The Labute approximate surface area is 153 Å². The average Bonchev–Trinajstić information content (AvgIpc) is 2.89. The molecule has 0 unspecified atom stereocenters. The maximum Gasteiger partial charge on any atom is 0.350 e. The molecule has 0 atom stereocenters. The van der Waals surface area contributed by atoms with E-state index in [1.54, 1.807) is 6.92 Å². The Bertz CT molecular complexity index is 984. The molecule has 0 bridgehead atoms. The molecule has 1 heterocycles. The normalized spacial score (nSPS) is 11.2. The zero-order valence-electron chi connectivity index (χ0n) is 14.1. The van der Waals surface area contributed by atoms with Gasteiger partial charge in [-0.15, -0.1) is 0 Å². The summed E-state index contributed by atoms with van der Waals surface area (Å²) in [6.45, 7) is 4.86. The van der Waals surface area contributed by atoms with Crippen molar-refractivity contribution >= 4 is 43.8 Å². The SMILES string of the molecule is CCOC(=O)c1sc(NS(=O)(=O)c2cc(C)c(N)cc2[N+](=O)[O-])nc1C. The summed E-state index contributed by atoms with van der Waals surface area (Å²) in [7, 11) is -4.32. The minimum absolute atomic E-state index is 0.102. The molecule has 0 spiro atoms. The summed E-state index contributed by atoms with van der Waals surface area (Å²) in [5, 5.41) is 11.1. The van der Waals surface area contributed by atoms with Gasteiger partial charge in [-0.1, -0.05) is 11.3 Å². The molecule has 26 heavy (non-hydrogen) atoms. The zero-order valence-corrected chi connectivity index (χ0v) is 15.7. The quantitative estimate of drug-likeness (QED) is 0.324. The summed E-state index contributed by atoms with van der Waals surface area (Å²) in [4.78, 5) is 25.7. The van der Waals surface area contributed by atoms with E-state index in [4.69, 9.17) is 10.5 Å². The molecule has 12 heteroatoms. The molecular formula is C14H16N4O6S2. The summed E-state index contributed by atoms with van der Waals surface area (Å²) in [5.41, 5.74) is 5.74. The highest BCUT2D eigenvalue weighted by atomic mass is 32.2. The molecule has 0 aliphatic rings. The van der Waals surface area contributed by atoms with Gasteiger partial charge < -0.3 is 10.5 Å². The van der Waals surface area contributed by atoms with Crippen molar-refractivity contribution in [2.45, 2.75) is 25.7 Å². The van der Waals surface area contributed by atoms with Crippen molar-refractivity contribution in [2.24, 2.45) is 0 Å². The number of nitrogens with two attached hydrogens (primary N) is 1. The van der Waals surface area contributed by atoms with Crippen LogP contribution in [0.1, 0.15) is 27.9 Å². The topological polar surface area (TPSA) is 155 Å². The number of hydrogen-bond acceptors (Lipinski definition) is 9. The lowest BCUT2D eigenvalue weighted by molar-refractivity contribution is -0.387. The van der Waals surface area contributed by atoms with E-state index in [-0.39, 0.29) is 28.0 Å². The lowest BCUT2D eigenvalue weighted by atomic mass is 10.2. The van der Waals surface area contributed by atoms with Crippen LogP contribution in [0.3, 0.4) is 0 Å². The van der Waals surface area contributed by atoms with E-state index >= 15 is 0 Å². The number of carbonyl (C=O) groups excluding carboxylic acids is 1. The maximum absolute atomic E-state index is 12.6. The van der Waals surface area contributed by atoms with Gasteiger partial charge in [0.2, 0.25) is 0 Å². The number of hydrogen-bond donors (Lipinski definition) is 2. The number of nitrogens with one attached hydrogen (secondary N) is 1. The highest BCUT2D eigenvalue weighted by Crippen LogP contribution is 2.32. The first-order chi connectivity index (χ1) is 12.1. The number of sulfonamides is 1. The number of nitro groups is 1. The molecule has 0 fully saturated rings. The Morgan fingerprint density at radius 3 is 2.65 bits per heavy atom. The van der Waals surface area contributed by atoms with Crippen LogP contribution >= 0.6 is 11.3 Å². The van der Waals surface area contributed by atoms with E-state index in [2.05, 4.69) is 9.71 Å². The minimum Gasteiger partial charge on any atom is -0.462 e. The van der Waals surface area contributed by atoms with Gasteiger partial charge in [0.1, 0.15) is 4.88 Å². The van der Waals surface area contributed by atoms with Gasteiger partial charge in [-0.3, -0.25) is 14.8 Å². The van der Waals surface area contributed by atoms with Gasteiger partial charge in [-0.25, -0.2) is 18.2 Å². The second-order valence-corrected chi connectivity index (χ2v) is 7.84. The summed E-state index contributed by atoms with van der Waals surface area (Å²) >= 11 is 0.780. The maximum atomic E-state index is 12.6. The number of nitrogen functional groups attached to an aromatic ring is 1. The fourth-order valence-corrected chi connectivity index (χ4v) is 4.37. The Balaban J connectivity index is 2.45. The molecule has 10 nitrogen and oxygen atoms in total. The predicted octanol–water partition coefficient (Wildman–Crippen LogP) is 2.23. The lowest BCUT2D eigenvalue weighted by Crippen LogP contribution is -2.15. The number of ether oxygens (including phenoxy) is 1. The number of carbonyl (C=O) groups is 1. The number of thiazole rings is 1. The van der Waals surface area contributed by atoms with Gasteiger partial charge in [0, 0.05) is 11.8 Å². The van der Waals surface area contributed by atoms with E-state index in [1.807, 2.05) is 0 Å². The van der Waals surface area contributed by atoms with Crippen molar-refractivity contribution in [1.82, 2.24) is 4.98 Å². The van der Waals surface area contributed by atoms with Crippen LogP contribution in [0, 0.1) is 24.0 Å². The predicted molar refractivity (Wildman–Crippen MR) is 95.9 cm³/mol. The number of nitro benzene ring substituents is 1. The van der Waals surface area contributed by atoms with Gasteiger partial charge >= 0.3 is 5.97 Å². The first-order valence-electron chi connectivity index (χ1n) is 7.28. The molecule has 2 aromatic rings. The Morgan fingerprint density at radius 2 is 2.08 bits per heavy atom. The van der Waals surface area contributed by atoms with Crippen molar-refractivity contribution < 1.29 is 22.9 Å². The van der Waals surface area contributed by atoms with Gasteiger partial charge in [-0.05, 0) is 32.4 Å². The molecule has 2 rings (SSSR count). The fourth-order valence-electron chi connectivity index (χ4n) is 2.04. The Kier molecular flexibility index (Phi) is 5.47. The molecule has 0 radical (unpaired) electrons. The number of benzene rings is 1. The number of rotatable bonds is 6. The fraction of sp³-hybridized carbons (Fsp3) is 0.286. The van der Waals surface area contributed by atoms with Crippen molar-refractivity contribution in [2.75, 3.05) is 17.1 Å². The first kappa shape index (κ1) is 19.6. The van der Waals surface area contributed by atoms with Crippen LogP contribution in [0.4, 0.5) is 16.5 Å². The molecule has 1 aromatic carbocycles. The molecule has 3 N–H and O–H groups in total. The van der Waals surface area contributed by atoms with E-state index < -0.39 is 31.5 Å². The van der Waals surface area contributed by atoms with Gasteiger partial charge in [-0.2, -0.15) is 0 Å². The van der Waals surface area contributed by atoms with Crippen molar-refractivity contribution in [3.05, 3.63) is 38.4 Å². The van der Waals surface area contributed by atoms with E-state index in [0.29, 0.717) is 5.56 Å². The molecule has 0 aliphatic carbocycles. The van der Waals surface area contributed by atoms with Crippen LogP contribution in [0.15, 0.2) is 17.0 Å².